The van der Waals surface area contributed by atoms with Crippen LogP contribution in [0.4, 0.5) is 0 Å². The summed E-state index contributed by atoms with van der Waals surface area (Å²) in [6.45, 7) is 20.5. The predicted molar refractivity (Wildman–Crippen MR) is 164 cm³/mol. The number of ether oxygens (including phenoxy) is 5. The van der Waals surface area contributed by atoms with Gasteiger partial charge in [-0.1, -0.05) is 48.0 Å². The standard InChI is InChI=1S/C36H62O6/c1-22-11-14-29(42-30-19-25(37)15-17-38-30)33(3,4)26(22)13-12-24-10-9-16-35(7)31-23(2)18-27(32-34(5,6)40-21-39-32)41-28(31)20-36(24,35)8/h22-32,37H,9-21H2,1-8H3/t22?,23-,24+,25+,26?,27-,28?,29+,30?,31?,32+,35-,36+/m1/s1. The zero-order valence-electron chi connectivity index (χ0n) is 28.0. The van der Waals surface area contributed by atoms with Crippen molar-refractivity contribution in [2.45, 2.75) is 168 Å². The molecule has 0 aromatic rings. The summed E-state index contributed by atoms with van der Waals surface area (Å²) in [5.74, 6) is 3.33. The molecule has 42 heavy (non-hydrogen) atoms. The Morgan fingerprint density at radius 1 is 0.833 bits per heavy atom. The molecule has 3 heterocycles. The molecule has 0 radical (unpaired) electrons. The van der Waals surface area contributed by atoms with Gasteiger partial charge >= 0.3 is 0 Å². The summed E-state index contributed by atoms with van der Waals surface area (Å²) in [6, 6.07) is 0. The van der Waals surface area contributed by atoms with Crippen LogP contribution < -0.4 is 0 Å². The van der Waals surface area contributed by atoms with Crippen LogP contribution in [0.1, 0.15) is 126 Å². The molecule has 3 aliphatic heterocycles. The molecule has 3 saturated carbocycles. The van der Waals surface area contributed by atoms with E-state index in [1.165, 1.54) is 44.9 Å². The largest absolute Gasteiger partial charge is 0.393 e. The van der Waals surface area contributed by atoms with Gasteiger partial charge in [0.2, 0.25) is 0 Å². The van der Waals surface area contributed by atoms with Gasteiger partial charge in [-0.3, -0.25) is 0 Å². The lowest BCUT2D eigenvalue weighted by atomic mass is 9.50. The van der Waals surface area contributed by atoms with Crippen molar-refractivity contribution in [1.82, 2.24) is 0 Å². The van der Waals surface area contributed by atoms with Crippen LogP contribution in [0.5, 0.6) is 0 Å². The molecule has 6 nitrogen and oxygen atoms in total. The Hall–Kier alpha value is -0.240. The third kappa shape index (κ3) is 5.34. The number of hydrogen-bond acceptors (Lipinski definition) is 6. The van der Waals surface area contributed by atoms with E-state index in [9.17, 15) is 5.11 Å². The zero-order valence-corrected chi connectivity index (χ0v) is 28.0. The number of aliphatic hydroxyl groups is 1. The van der Waals surface area contributed by atoms with Crippen molar-refractivity contribution >= 4 is 0 Å². The highest BCUT2D eigenvalue weighted by atomic mass is 16.7. The van der Waals surface area contributed by atoms with Gasteiger partial charge in [0.25, 0.3) is 0 Å². The minimum absolute atomic E-state index is 0.0207. The lowest BCUT2D eigenvalue weighted by Gasteiger charge is -2.55. The van der Waals surface area contributed by atoms with Gasteiger partial charge in [-0.05, 0) is 117 Å². The van der Waals surface area contributed by atoms with Crippen molar-refractivity contribution in [2.24, 2.45) is 45.8 Å². The van der Waals surface area contributed by atoms with Crippen molar-refractivity contribution in [3.8, 4) is 0 Å². The van der Waals surface area contributed by atoms with E-state index in [1.54, 1.807) is 0 Å². The number of aliphatic hydroxyl groups excluding tert-OH is 1. The van der Waals surface area contributed by atoms with E-state index in [0.717, 1.165) is 25.2 Å². The van der Waals surface area contributed by atoms with Crippen molar-refractivity contribution in [3.63, 3.8) is 0 Å². The monoisotopic (exact) mass is 590 g/mol. The molecular formula is C36H62O6. The van der Waals surface area contributed by atoms with Crippen LogP contribution in [0.2, 0.25) is 0 Å². The minimum atomic E-state index is -0.297. The van der Waals surface area contributed by atoms with Crippen LogP contribution in [0, 0.1) is 45.8 Å². The molecule has 0 spiro atoms. The number of hydrogen-bond donors (Lipinski definition) is 1. The van der Waals surface area contributed by atoms with Crippen molar-refractivity contribution in [3.05, 3.63) is 0 Å². The smallest absolute Gasteiger partial charge is 0.160 e. The highest BCUT2D eigenvalue weighted by Gasteiger charge is 2.66. The van der Waals surface area contributed by atoms with Gasteiger partial charge in [0.15, 0.2) is 6.29 Å². The first kappa shape index (κ1) is 31.7. The molecule has 6 rings (SSSR count). The van der Waals surface area contributed by atoms with E-state index >= 15 is 0 Å². The Morgan fingerprint density at radius 3 is 2.33 bits per heavy atom. The van der Waals surface area contributed by atoms with Crippen LogP contribution in [0.25, 0.3) is 0 Å². The molecule has 6 heteroatoms. The first-order valence-electron chi connectivity index (χ1n) is 17.6. The SMILES string of the molecule is CC1CC[C@H](OC2C[C@@H](O)CCO2)C(C)(C)C1CC[C@@H]1CCC[C@]2(C)C3C(C[C@@]12C)O[C@@H]([C@@H]1OCOC1(C)C)C[C@H]3C. The average Bonchev–Trinajstić information content (AvgIpc) is 3.38. The van der Waals surface area contributed by atoms with E-state index in [4.69, 9.17) is 23.7 Å². The summed E-state index contributed by atoms with van der Waals surface area (Å²) in [7, 11) is 0. The Labute approximate surface area is 256 Å². The molecule has 5 unspecified atom stereocenters. The molecule has 242 valence electrons. The first-order valence-corrected chi connectivity index (χ1v) is 17.6. The molecule has 13 atom stereocenters. The molecule has 6 fully saturated rings. The fourth-order valence-electron chi connectivity index (χ4n) is 11.6. The summed E-state index contributed by atoms with van der Waals surface area (Å²) >= 11 is 0. The fraction of sp³-hybridized carbons (Fsp3) is 1.00. The molecule has 0 amide bonds. The van der Waals surface area contributed by atoms with Gasteiger partial charge in [0.05, 0.1) is 36.6 Å². The maximum Gasteiger partial charge on any atom is 0.160 e. The molecule has 1 N–H and O–H groups in total. The highest BCUT2D eigenvalue weighted by molar-refractivity contribution is 5.14. The van der Waals surface area contributed by atoms with Crippen molar-refractivity contribution in [1.29, 1.82) is 0 Å². The zero-order chi connectivity index (χ0) is 30.1. The second-order valence-corrected chi connectivity index (χ2v) is 17.2. The topological polar surface area (TPSA) is 66.4 Å². The Morgan fingerprint density at radius 2 is 1.62 bits per heavy atom. The first-order chi connectivity index (χ1) is 19.8. The van der Waals surface area contributed by atoms with E-state index in [2.05, 4.69) is 55.4 Å². The molecule has 0 aromatic carbocycles. The maximum atomic E-state index is 10.2. The third-order valence-electron chi connectivity index (χ3n) is 14.2. The van der Waals surface area contributed by atoms with Gasteiger partial charge in [-0.2, -0.15) is 0 Å². The summed E-state index contributed by atoms with van der Waals surface area (Å²) in [6.07, 6.45) is 12.6. The molecule has 0 bridgehead atoms. The Balaban J connectivity index is 1.15. The second-order valence-electron chi connectivity index (χ2n) is 17.2. The quantitative estimate of drug-likeness (QED) is 0.346. The van der Waals surface area contributed by atoms with E-state index in [0.29, 0.717) is 60.4 Å². The number of fused-ring (bicyclic) bond motifs is 3. The molecule has 0 aromatic heterocycles. The average molecular weight is 591 g/mol. The predicted octanol–water partition coefficient (Wildman–Crippen LogP) is 7.50. The van der Waals surface area contributed by atoms with Crippen LogP contribution in [0.15, 0.2) is 0 Å². The molecule has 6 aliphatic rings. The Bertz CT molecular complexity index is 951. The van der Waals surface area contributed by atoms with Gasteiger partial charge < -0.3 is 28.8 Å². The number of rotatable bonds is 6. The van der Waals surface area contributed by atoms with Crippen molar-refractivity contribution < 1.29 is 28.8 Å². The summed E-state index contributed by atoms with van der Waals surface area (Å²) in [5.41, 5.74) is 0.433. The van der Waals surface area contributed by atoms with Crippen LogP contribution in [-0.4, -0.2) is 60.9 Å². The van der Waals surface area contributed by atoms with Gasteiger partial charge in [-0.15, -0.1) is 0 Å². The Kier molecular flexibility index (Phi) is 8.71. The molecule has 3 saturated heterocycles. The van der Waals surface area contributed by atoms with Gasteiger partial charge in [-0.25, -0.2) is 0 Å². The van der Waals surface area contributed by atoms with Gasteiger partial charge in [0, 0.05) is 6.42 Å². The molecular weight excluding hydrogens is 528 g/mol. The maximum absolute atomic E-state index is 10.2. The van der Waals surface area contributed by atoms with E-state index in [1.807, 2.05) is 0 Å². The lowest BCUT2D eigenvalue weighted by Crippen LogP contribution is -2.53. The van der Waals surface area contributed by atoms with Crippen molar-refractivity contribution in [2.75, 3.05) is 13.4 Å². The normalized spacial score (nSPS) is 52.1. The molecule has 3 aliphatic carbocycles. The third-order valence-corrected chi connectivity index (χ3v) is 14.2. The minimum Gasteiger partial charge on any atom is -0.393 e. The fourth-order valence-corrected chi connectivity index (χ4v) is 11.6. The van der Waals surface area contributed by atoms with Crippen LogP contribution in [0.3, 0.4) is 0 Å². The summed E-state index contributed by atoms with van der Waals surface area (Å²) in [4.78, 5) is 0. The summed E-state index contributed by atoms with van der Waals surface area (Å²) in [5, 5.41) is 10.2. The van der Waals surface area contributed by atoms with E-state index in [-0.39, 0.29) is 41.7 Å². The summed E-state index contributed by atoms with van der Waals surface area (Å²) < 4.78 is 31.7. The van der Waals surface area contributed by atoms with E-state index < -0.39 is 0 Å². The van der Waals surface area contributed by atoms with Gasteiger partial charge in [0.1, 0.15) is 12.9 Å². The highest BCUT2D eigenvalue weighted by Crippen LogP contribution is 2.70. The lowest BCUT2D eigenvalue weighted by molar-refractivity contribution is -0.240. The van der Waals surface area contributed by atoms with Crippen LogP contribution >= 0.6 is 0 Å². The second kappa shape index (κ2) is 11.5. The van der Waals surface area contributed by atoms with Crippen LogP contribution in [-0.2, 0) is 23.7 Å².